The minimum atomic E-state index is -0.659. The number of carbonyl (C=O) groups is 3. The molecule has 3 heterocycles. The maximum absolute atomic E-state index is 12.3. The van der Waals surface area contributed by atoms with Gasteiger partial charge in [0.25, 0.3) is 5.91 Å². The van der Waals surface area contributed by atoms with Gasteiger partial charge in [-0.25, -0.2) is 4.79 Å². The van der Waals surface area contributed by atoms with Gasteiger partial charge in [-0.1, -0.05) is 5.16 Å². The molecule has 0 saturated carbocycles. The maximum Gasteiger partial charge on any atom is 0.344 e. The summed E-state index contributed by atoms with van der Waals surface area (Å²) in [5.41, 5.74) is 1.30. The molecular weight excluding hydrogens is 326 g/mol. The van der Waals surface area contributed by atoms with Crippen molar-refractivity contribution in [2.24, 2.45) is 0 Å². The largest absolute Gasteiger partial charge is 0.454 e. The molecule has 1 saturated heterocycles. The summed E-state index contributed by atoms with van der Waals surface area (Å²) in [6.07, 6.45) is 3.45. The van der Waals surface area contributed by atoms with Gasteiger partial charge >= 0.3 is 5.97 Å². The highest BCUT2D eigenvalue weighted by molar-refractivity contribution is 6.02. The number of Topliss-reactive ketones (excluding diaryl/α,β-unsaturated/α-hetero) is 1. The Morgan fingerprint density at radius 1 is 1.28 bits per heavy atom. The summed E-state index contributed by atoms with van der Waals surface area (Å²) < 4.78 is 9.94. The first kappa shape index (κ1) is 16.9. The van der Waals surface area contributed by atoms with Gasteiger partial charge < -0.3 is 19.1 Å². The van der Waals surface area contributed by atoms with E-state index in [2.05, 4.69) is 10.1 Å². The van der Waals surface area contributed by atoms with E-state index in [9.17, 15) is 14.4 Å². The molecule has 2 aromatic rings. The average molecular weight is 345 g/mol. The molecule has 8 heteroatoms. The first-order chi connectivity index (χ1) is 12.0. The lowest BCUT2D eigenvalue weighted by atomic mass is 10.2. The van der Waals surface area contributed by atoms with Gasteiger partial charge in [0.2, 0.25) is 5.78 Å². The Bertz CT molecular complexity index is 795. The van der Waals surface area contributed by atoms with Crippen LogP contribution in [0.25, 0.3) is 0 Å². The number of hydrogen-bond donors (Lipinski definition) is 1. The highest BCUT2D eigenvalue weighted by Crippen LogP contribution is 2.15. The van der Waals surface area contributed by atoms with Crippen molar-refractivity contribution in [3.8, 4) is 0 Å². The summed E-state index contributed by atoms with van der Waals surface area (Å²) in [4.78, 5) is 41.0. The van der Waals surface area contributed by atoms with Gasteiger partial charge in [-0.3, -0.25) is 9.59 Å². The van der Waals surface area contributed by atoms with Gasteiger partial charge in [-0.05, 0) is 32.8 Å². The van der Waals surface area contributed by atoms with Gasteiger partial charge in [0.05, 0.1) is 5.69 Å². The summed E-state index contributed by atoms with van der Waals surface area (Å²) in [5.74, 6) is -0.829. The molecule has 1 N–H and O–H groups in total. The van der Waals surface area contributed by atoms with Crippen molar-refractivity contribution in [3.05, 3.63) is 40.5 Å². The predicted molar refractivity (Wildman–Crippen MR) is 86.5 cm³/mol. The van der Waals surface area contributed by atoms with E-state index in [1.54, 1.807) is 18.7 Å². The molecule has 1 aliphatic heterocycles. The molecular formula is C17H19N3O5. The van der Waals surface area contributed by atoms with Crippen molar-refractivity contribution < 1.29 is 23.6 Å². The second kappa shape index (κ2) is 6.92. The summed E-state index contributed by atoms with van der Waals surface area (Å²) in [6.45, 7) is 4.27. The normalized spacial score (nSPS) is 13.9. The fourth-order valence-corrected chi connectivity index (χ4v) is 2.83. The van der Waals surface area contributed by atoms with Crippen molar-refractivity contribution in [1.29, 1.82) is 0 Å². The summed E-state index contributed by atoms with van der Waals surface area (Å²) in [7, 11) is 0. The molecule has 1 amide bonds. The van der Waals surface area contributed by atoms with Crippen LogP contribution in [0.4, 0.5) is 0 Å². The molecule has 0 aliphatic carbocycles. The van der Waals surface area contributed by atoms with Crippen molar-refractivity contribution in [3.63, 3.8) is 0 Å². The van der Waals surface area contributed by atoms with E-state index in [-0.39, 0.29) is 11.5 Å². The van der Waals surface area contributed by atoms with Crippen LogP contribution in [0.15, 0.2) is 16.8 Å². The number of rotatable bonds is 5. The minimum absolute atomic E-state index is 0.121. The molecule has 0 unspecified atom stereocenters. The molecule has 0 bridgehead atoms. The Kier molecular flexibility index (Phi) is 4.69. The van der Waals surface area contributed by atoms with E-state index < -0.39 is 18.4 Å². The van der Waals surface area contributed by atoms with E-state index in [1.165, 1.54) is 12.3 Å². The van der Waals surface area contributed by atoms with Crippen LogP contribution >= 0.6 is 0 Å². The fraction of sp³-hybridized carbons (Fsp3) is 0.412. The number of nitrogens with one attached hydrogen (secondary N) is 1. The molecule has 2 aromatic heterocycles. The lowest BCUT2D eigenvalue weighted by Gasteiger charge is -2.13. The minimum Gasteiger partial charge on any atom is -0.454 e. The van der Waals surface area contributed by atoms with Crippen molar-refractivity contribution in [2.75, 3.05) is 19.7 Å². The second-order valence-electron chi connectivity index (χ2n) is 6.00. The van der Waals surface area contributed by atoms with Crippen LogP contribution in [0.3, 0.4) is 0 Å². The molecule has 0 spiro atoms. The van der Waals surface area contributed by atoms with Crippen molar-refractivity contribution in [1.82, 2.24) is 15.0 Å². The zero-order chi connectivity index (χ0) is 18.0. The van der Waals surface area contributed by atoms with Crippen LogP contribution in [0.1, 0.15) is 55.5 Å². The summed E-state index contributed by atoms with van der Waals surface area (Å²) in [5, 5.41) is 3.68. The monoisotopic (exact) mass is 345 g/mol. The number of hydrogen-bond acceptors (Lipinski definition) is 6. The Morgan fingerprint density at radius 3 is 2.64 bits per heavy atom. The summed E-state index contributed by atoms with van der Waals surface area (Å²) in [6, 6.07) is 1.49. The Balaban J connectivity index is 1.60. The van der Waals surface area contributed by atoms with E-state index in [0.717, 1.165) is 25.9 Å². The van der Waals surface area contributed by atoms with Crippen LogP contribution in [0, 0.1) is 13.8 Å². The molecule has 0 atom stereocenters. The molecule has 0 radical (unpaired) electrons. The number of amides is 1. The molecule has 132 valence electrons. The SMILES string of the molecule is Cc1noc(C)c1C(=O)OCC(=O)c1c[nH]c(C(=O)N2CCCC2)c1. The van der Waals surface area contributed by atoms with Crippen molar-refractivity contribution in [2.45, 2.75) is 26.7 Å². The third kappa shape index (κ3) is 3.47. The number of aryl methyl sites for hydroxylation is 2. The predicted octanol–water partition coefficient (Wildman–Crippen LogP) is 1.90. The van der Waals surface area contributed by atoms with E-state index in [4.69, 9.17) is 9.26 Å². The first-order valence-corrected chi connectivity index (χ1v) is 8.08. The molecule has 1 fully saturated rings. The van der Waals surface area contributed by atoms with Crippen LogP contribution in [-0.4, -0.2) is 52.4 Å². The van der Waals surface area contributed by atoms with Crippen molar-refractivity contribution >= 4 is 17.7 Å². The molecule has 1 aliphatic rings. The molecule has 8 nitrogen and oxygen atoms in total. The lowest BCUT2D eigenvalue weighted by Crippen LogP contribution is -2.27. The van der Waals surface area contributed by atoms with E-state index in [0.29, 0.717) is 22.7 Å². The topological polar surface area (TPSA) is 105 Å². The van der Waals surface area contributed by atoms with Crippen LogP contribution in [0.2, 0.25) is 0 Å². The van der Waals surface area contributed by atoms with Gasteiger partial charge in [-0.2, -0.15) is 0 Å². The standard InChI is InChI=1S/C17H19N3O5/c1-10-15(11(2)25-19-10)17(23)24-9-14(21)12-7-13(18-8-12)16(22)20-5-3-4-6-20/h7-8,18H,3-6,9H2,1-2H3. The highest BCUT2D eigenvalue weighted by Gasteiger charge is 2.23. The number of nitrogens with zero attached hydrogens (tertiary/aromatic N) is 2. The Morgan fingerprint density at radius 2 is 2.00 bits per heavy atom. The molecule has 25 heavy (non-hydrogen) atoms. The number of esters is 1. The van der Waals surface area contributed by atoms with Crippen LogP contribution < -0.4 is 0 Å². The van der Waals surface area contributed by atoms with Gasteiger partial charge in [0.15, 0.2) is 6.61 Å². The third-order valence-electron chi connectivity index (χ3n) is 4.20. The zero-order valence-corrected chi connectivity index (χ0v) is 14.1. The molecule has 0 aromatic carbocycles. The number of aromatic nitrogens is 2. The number of ether oxygens (including phenoxy) is 1. The van der Waals surface area contributed by atoms with Crippen LogP contribution in [-0.2, 0) is 4.74 Å². The van der Waals surface area contributed by atoms with Crippen LogP contribution in [0.5, 0.6) is 0 Å². The number of H-pyrrole nitrogens is 1. The summed E-state index contributed by atoms with van der Waals surface area (Å²) >= 11 is 0. The average Bonchev–Trinajstić information content (AvgIpc) is 3.33. The quantitative estimate of drug-likeness (QED) is 0.655. The Labute approximate surface area is 144 Å². The van der Waals surface area contributed by atoms with Gasteiger partial charge in [0.1, 0.15) is 17.0 Å². The van der Waals surface area contributed by atoms with E-state index in [1.807, 2.05) is 0 Å². The third-order valence-corrected chi connectivity index (χ3v) is 4.20. The van der Waals surface area contributed by atoms with E-state index >= 15 is 0 Å². The number of likely N-dealkylation sites (tertiary alicyclic amines) is 1. The number of aromatic amines is 1. The smallest absolute Gasteiger partial charge is 0.344 e. The fourth-order valence-electron chi connectivity index (χ4n) is 2.83. The highest BCUT2D eigenvalue weighted by atomic mass is 16.5. The zero-order valence-electron chi connectivity index (χ0n) is 14.1. The lowest BCUT2D eigenvalue weighted by molar-refractivity contribution is 0.0472. The second-order valence-corrected chi connectivity index (χ2v) is 6.00. The van der Waals surface area contributed by atoms with Gasteiger partial charge in [-0.15, -0.1) is 0 Å². The maximum atomic E-state index is 12.3. The molecule has 3 rings (SSSR count). The Hall–Kier alpha value is -2.90. The number of carbonyl (C=O) groups excluding carboxylic acids is 3. The first-order valence-electron chi connectivity index (χ1n) is 8.08. The number of ketones is 1. The van der Waals surface area contributed by atoms with Gasteiger partial charge in [0, 0.05) is 24.8 Å².